The van der Waals surface area contributed by atoms with Crippen molar-refractivity contribution < 1.29 is 67.3 Å². The Labute approximate surface area is 243 Å². The summed E-state index contributed by atoms with van der Waals surface area (Å²) >= 11 is 0. The van der Waals surface area contributed by atoms with Crippen molar-refractivity contribution in [2.45, 2.75) is 12.2 Å². The van der Waals surface area contributed by atoms with Crippen LogP contribution in [0.3, 0.4) is 0 Å². The molecule has 0 aliphatic carbocycles. The van der Waals surface area contributed by atoms with Crippen LogP contribution in [0, 0.1) is 37.3 Å². The Morgan fingerprint density at radius 2 is 0.714 bits per heavy atom. The summed E-state index contributed by atoms with van der Waals surface area (Å²) in [6.45, 7) is 0. The van der Waals surface area contributed by atoms with Crippen molar-refractivity contribution in [1.29, 1.82) is 0 Å². The zero-order valence-electron chi connectivity index (χ0n) is 9.02. The van der Waals surface area contributed by atoms with Gasteiger partial charge in [-0.05, 0) is 0 Å². The summed E-state index contributed by atoms with van der Waals surface area (Å²) in [5, 5.41) is 32.5. The summed E-state index contributed by atoms with van der Waals surface area (Å²) in [5.74, 6) is -3.54. The third kappa shape index (κ3) is 45.4. The van der Waals surface area contributed by atoms with E-state index in [1.165, 1.54) is 0 Å². The van der Waals surface area contributed by atoms with Crippen molar-refractivity contribution in [1.82, 2.24) is 6.15 Å². The molecular weight excluding hydrogens is 648 g/mol. The van der Waals surface area contributed by atoms with E-state index in [2.05, 4.69) is 0 Å². The van der Waals surface area contributed by atoms with E-state index in [0.29, 0.717) is 0 Å². The molecule has 0 radical (unpaired) electrons. The van der Waals surface area contributed by atoms with Gasteiger partial charge in [0.25, 0.3) is 0 Å². The van der Waals surface area contributed by atoms with E-state index in [-0.39, 0.29) is 194 Å². The second-order valence-electron chi connectivity index (χ2n) is 1.57. The van der Waals surface area contributed by atoms with Crippen molar-refractivity contribution in [2.24, 2.45) is 0 Å². The summed E-state index contributed by atoms with van der Waals surface area (Å²) in [4.78, 5) is 19.5. The van der Waals surface area contributed by atoms with E-state index in [1.807, 2.05) is 0 Å². The average molecular weight is 666 g/mol. The van der Waals surface area contributed by atoms with Gasteiger partial charge < -0.3 is 26.6 Å². The van der Waals surface area contributed by atoms with Crippen LogP contribution in [0.4, 0.5) is 0 Å². The summed E-state index contributed by atoms with van der Waals surface area (Å²) in [6, 6.07) is 0. The number of aliphatic carboxylic acids is 2. The average Bonchev–Trinajstić information content (AvgIpc) is 1.84. The molecule has 0 saturated carbocycles. The molecule has 7 nitrogen and oxygen atoms in total. The molecule has 21 heavy (non-hydrogen) atoms. The first-order chi connectivity index (χ1) is 4.46. The van der Waals surface area contributed by atoms with E-state index in [4.69, 9.17) is 20.4 Å². The minimum absolute atomic E-state index is 0. The van der Waals surface area contributed by atoms with Gasteiger partial charge in [0, 0.05) is 37.3 Å². The fourth-order valence-electron chi connectivity index (χ4n) is 0.270. The minimum atomic E-state index is -2.27. The van der Waals surface area contributed by atoms with Gasteiger partial charge in [0.1, 0.15) is 0 Å². The molecule has 7 N–H and O–H groups in total. The molecule has 144 valence electrons. The summed E-state index contributed by atoms with van der Waals surface area (Å²) in [7, 11) is 0. The molecule has 0 aliphatic rings. The van der Waals surface area contributed by atoms with Crippen molar-refractivity contribution >= 4 is 163 Å². The quantitative estimate of drug-likeness (QED) is 0.280. The summed E-state index contributed by atoms with van der Waals surface area (Å²) < 4.78 is 0. The standard InChI is InChI=1S/C4H6O6.8ClH.Er.K.H3N.H/c5-1(3(7)8)2(6)4(9)10;;;;;;;;;;;;/h1-2,5-6H,(H,7,8)(H,9,10);8*1H;;;1H3;. The van der Waals surface area contributed by atoms with E-state index in [9.17, 15) is 9.59 Å². The second-order valence-corrected chi connectivity index (χ2v) is 1.57. The number of aliphatic hydroxyl groups excluding tert-OH is 2. The van der Waals surface area contributed by atoms with Crippen LogP contribution in [0.1, 0.15) is 0 Å². The number of carbonyl (C=O) groups is 2. The van der Waals surface area contributed by atoms with Crippen LogP contribution in [-0.2, 0) is 9.59 Å². The van der Waals surface area contributed by atoms with Gasteiger partial charge >= 0.3 is 63.3 Å². The zero-order chi connectivity index (χ0) is 8.31. The predicted octanol–water partition coefficient (Wildman–Crippen LogP) is 0.765. The molecule has 0 saturated heterocycles. The molecular formula is C4H18Cl8ErKNO6. The van der Waals surface area contributed by atoms with Gasteiger partial charge in [-0.15, -0.1) is 99.3 Å². The van der Waals surface area contributed by atoms with Crippen LogP contribution in [0.5, 0.6) is 0 Å². The molecule has 0 fully saturated rings. The second kappa shape index (κ2) is 49.6. The molecule has 0 aliphatic heterocycles. The van der Waals surface area contributed by atoms with Crippen LogP contribution in [-0.4, -0.2) is 96.0 Å². The number of rotatable bonds is 3. The first-order valence-corrected chi connectivity index (χ1v) is 2.28. The molecule has 0 heterocycles. The molecule has 0 amide bonds. The molecule has 0 bridgehead atoms. The van der Waals surface area contributed by atoms with Gasteiger partial charge in [0.15, 0.2) is 12.2 Å². The van der Waals surface area contributed by atoms with Gasteiger partial charge in [0.05, 0.1) is 0 Å². The van der Waals surface area contributed by atoms with E-state index < -0.39 is 24.1 Å². The number of carboxylic acid groups (broad SMARTS) is 2. The van der Waals surface area contributed by atoms with E-state index in [1.54, 1.807) is 0 Å². The van der Waals surface area contributed by atoms with E-state index in [0.717, 1.165) is 0 Å². The van der Waals surface area contributed by atoms with Gasteiger partial charge in [-0.2, -0.15) is 0 Å². The van der Waals surface area contributed by atoms with Crippen molar-refractivity contribution in [3.05, 3.63) is 0 Å². The zero-order valence-corrected chi connectivity index (χ0v) is 17.4. The molecule has 2 atom stereocenters. The predicted molar refractivity (Wildman–Crippen MR) is 97.4 cm³/mol. The number of halogens is 8. The Morgan fingerprint density at radius 1 is 0.619 bits per heavy atom. The first kappa shape index (κ1) is 85.1. The molecule has 17 heteroatoms. The summed E-state index contributed by atoms with van der Waals surface area (Å²) in [6.07, 6.45) is -4.53. The third-order valence-corrected chi connectivity index (χ3v) is 0.805. The molecule has 0 spiro atoms. The Morgan fingerprint density at radius 3 is 0.762 bits per heavy atom. The molecule has 0 aromatic heterocycles. The number of carboxylic acids is 2. The molecule has 2 unspecified atom stereocenters. The fraction of sp³-hybridized carbons (Fsp3) is 0.500. The Bertz CT molecular complexity index is 169. The van der Waals surface area contributed by atoms with Gasteiger partial charge in [-0.3, -0.25) is 0 Å². The molecule has 0 aromatic carbocycles. The Kier molecular flexibility index (Phi) is 201. The van der Waals surface area contributed by atoms with Crippen LogP contribution < -0.4 is 6.15 Å². The monoisotopic (exact) mass is 661 g/mol. The SMILES string of the molecule is Cl.Cl.Cl.Cl.Cl.Cl.Cl.Cl.N.O=C(O)C(O)C(O)C(=O)O.[Er].[KH]. The Balaban J connectivity index is -0.00000000736. The van der Waals surface area contributed by atoms with E-state index >= 15 is 0 Å². The number of hydrogen-bond donors (Lipinski definition) is 5. The molecule has 0 aromatic rings. The normalized spacial score (nSPS) is 7.52. The number of hydrogen-bond acceptors (Lipinski definition) is 5. The number of aliphatic hydroxyl groups is 2. The van der Waals surface area contributed by atoms with Crippen LogP contribution in [0.25, 0.3) is 0 Å². The van der Waals surface area contributed by atoms with Crippen LogP contribution >= 0.6 is 99.3 Å². The van der Waals surface area contributed by atoms with Crippen LogP contribution in [0.2, 0.25) is 0 Å². The van der Waals surface area contributed by atoms with Gasteiger partial charge in [-0.1, -0.05) is 0 Å². The van der Waals surface area contributed by atoms with Crippen LogP contribution in [0.15, 0.2) is 0 Å². The fourth-order valence-corrected chi connectivity index (χ4v) is 0.270. The maximum absolute atomic E-state index is 9.77. The van der Waals surface area contributed by atoms with Gasteiger partial charge in [0.2, 0.25) is 0 Å². The Hall–Kier alpha value is 4.02. The first-order valence-electron chi connectivity index (χ1n) is 2.28. The van der Waals surface area contributed by atoms with Crippen molar-refractivity contribution in [3.8, 4) is 0 Å². The van der Waals surface area contributed by atoms with Crippen molar-refractivity contribution in [3.63, 3.8) is 0 Å². The topological polar surface area (TPSA) is 150 Å². The van der Waals surface area contributed by atoms with Gasteiger partial charge in [-0.25, -0.2) is 9.59 Å². The molecule has 0 rings (SSSR count). The summed E-state index contributed by atoms with van der Waals surface area (Å²) in [5.41, 5.74) is 0. The third-order valence-electron chi connectivity index (χ3n) is 0.805. The van der Waals surface area contributed by atoms with Crippen molar-refractivity contribution in [2.75, 3.05) is 0 Å². The maximum atomic E-state index is 9.77.